The molecule has 0 spiro atoms. The van der Waals surface area contributed by atoms with Gasteiger partial charge in [0, 0.05) is 56.9 Å². The normalized spacial score (nSPS) is 17.1. The largest absolute Gasteiger partial charge is 0.435 e. The van der Waals surface area contributed by atoms with Crippen molar-refractivity contribution in [2.45, 2.75) is 50.3 Å². The molecule has 11 heteroatoms. The van der Waals surface area contributed by atoms with E-state index in [2.05, 4.69) is 4.74 Å². The minimum atomic E-state index is -3.99. The van der Waals surface area contributed by atoms with Gasteiger partial charge in [0.1, 0.15) is 11.6 Å². The number of sulfonamides is 1. The smallest absolute Gasteiger partial charge is 0.387 e. The Morgan fingerprint density at radius 2 is 1.74 bits per heavy atom. The number of carbonyl (C=O) groups is 1. The summed E-state index contributed by atoms with van der Waals surface area (Å²) in [4.78, 5) is 15.2. The topological polar surface area (TPSA) is 70.2 Å². The van der Waals surface area contributed by atoms with Gasteiger partial charge in [-0.15, -0.1) is 0 Å². The zero-order valence-electron chi connectivity index (χ0n) is 19.4. The third-order valence-electron chi connectivity index (χ3n) is 6.59. The molecule has 35 heavy (non-hydrogen) atoms. The zero-order chi connectivity index (χ0) is 25.2. The fourth-order valence-corrected chi connectivity index (χ4v) is 5.99. The Kier molecular flexibility index (Phi) is 7.56. The molecule has 7 nitrogen and oxygen atoms in total. The van der Waals surface area contributed by atoms with Crippen molar-refractivity contribution in [1.82, 2.24) is 9.21 Å². The van der Waals surface area contributed by atoms with Gasteiger partial charge < -0.3 is 14.5 Å². The maximum Gasteiger partial charge on any atom is 0.387 e. The van der Waals surface area contributed by atoms with Gasteiger partial charge in [-0.25, -0.2) is 12.8 Å². The van der Waals surface area contributed by atoms with Crippen LogP contribution in [0.25, 0.3) is 0 Å². The van der Waals surface area contributed by atoms with Crippen LogP contribution in [-0.2, 0) is 21.4 Å². The van der Waals surface area contributed by atoms with Gasteiger partial charge in [-0.05, 0) is 49.2 Å². The van der Waals surface area contributed by atoms with Crippen LogP contribution in [0.5, 0.6) is 5.75 Å². The molecule has 2 aliphatic rings. The first-order valence-corrected chi connectivity index (χ1v) is 12.9. The van der Waals surface area contributed by atoms with Gasteiger partial charge in [0.25, 0.3) is 0 Å². The quantitative estimate of drug-likeness (QED) is 0.539. The Morgan fingerprint density at radius 1 is 1.09 bits per heavy atom. The number of alkyl halides is 2. The zero-order valence-corrected chi connectivity index (χ0v) is 20.2. The van der Waals surface area contributed by atoms with Crippen molar-refractivity contribution in [2.24, 2.45) is 0 Å². The number of rotatable bonds is 8. The standard InChI is InChI=1S/C24H28F3N3O4S/c1-17(31)28-11-13-29(14-12-28)20-6-5-18(23(25)15-20)16-30(19-3-2-4-19)35(32,33)22-9-7-21(8-10-22)34-24(26)27/h5-10,15,19,24H,2-4,11-14,16H2,1H3. The van der Waals surface area contributed by atoms with Crippen LogP contribution in [0.15, 0.2) is 47.4 Å². The van der Waals surface area contributed by atoms with Gasteiger partial charge in [0.05, 0.1) is 4.90 Å². The maximum absolute atomic E-state index is 15.1. The van der Waals surface area contributed by atoms with Crippen LogP contribution >= 0.6 is 0 Å². The summed E-state index contributed by atoms with van der Waals surface area (Å²) in [6.45, 7) is 0.691. The Morgan fingerprint density at radius 3 is 2.26 bits per heavy atom. The summed E-state index contributed by atoms with van der Waals surface area (Å²) in [7, 11) is -3.99. The number of hydrogen-bond acceptors (Lipinski definition) is 5. The lowest BCUT2D eigenvalue weighted by atomic mass is 9.93. The number of hydrogen-bond donors (Lipinski definition) is 0. The molecule has 0 bridgehead atoms. The second-order valence-corrected chi connectivity index (χ2v) is 10.6. The van der Waals surface area contributed by atoms with Crippen LogP contribution in [0, 0.1) is 5.82 Å². The second-order valence-electron chi connectivity index (χ2n) is 8.75. The number of ether oxygens (including phenoxy) is 1. The molecular weight excluding hydrogens is 483 g/mol. The van der Waals surface area contributed by atoms with Crippen LogP contribution in [-0.4, -0.2) is 62.4 Å². The van der Waals surface area contributed by atoms with Crippen LogP contribution in [0.1, 0.15) is 31.7 Å². The fraction of sp³-hybridized carbons (Fsp3) is 0.458. The van der Waals surface area contributed by atoms with Crippen LogP contribution < -0.4 is 9.64 Å². The van der Waals surface area contributed by atoms with E-state index in [0.29, 0.717) is 44.7 Å². The summed E-state index contributed by atoms with van der Waals surface area (Å²) in [5, 5.41) is 0. The van der Waals surface area contributed by atoms with Crippen molar-refractivity contribution < 1.29 is 31.1 Å². The van der Waals surface area contributed by atoms with E-state index in [1.54, 1.807) is 17.0 Å². The lowest BCUT2D eigenvalue weighted by molar-refractivity contribution is -0.129. The predicted octanol–water partition coefficient (Wildman–Crippen LogP) is 3.84. The highest BCUT2D eigenvalue weighted by Gasteiger charge is 2.35. The molecule has 1 amide bonds. The Balaban J connectivity index is 1.51. The molecule has 4 rings (SSSR count). The lowest BCUT2D eigenvalue weighted by Gasteiger charge is -2.37. The Hall–Kier alpha value is -2.79. The molecule has 0 aromatic heterocycles. The first-order valence-electron chi connectivity index (χ1n) is 11.5. The first kappa shape index (κ1) is 25.3. The van der Waals surface area contributed by atoms with Gasteiger partial charge in [0.15, 0.2) is 0 Å². The molecular formula is C24H28F3N3O4S. The Labute approximate surface area is 203 Å². The van der Waals surface area contributed by atoms with E-state index in [4.69, 9.17) is 0 Å². The highest BCUT2D eigenvalue weighted by Crippen LogP contribution is 2.33. The fourth-order valence-electron chi connectivity index (χ4n) is 4.32. The van der Waals surface area contributed by atoms with Crippen molar-refractivity contribution in [3.8, 4) is 5.75 Å². The number of benzene rings is 2. The molecule has 0 unspecified atom stereocenters. The number of carbonyl (C=O) groups excluding carboxylic acids is 1. The van der Waals surface area contributed by atoms with E-state index in [9.17, 15) is 22.0 Å². The summed E-state index contributed by atoms with van der Waals surface area (Å²) in [5.74, 6) is -0.628. The summed E-state index contributed by atoms with van der Waals surface area (Å²) in [5.41, 5.74) is 0.936. The highest BCUT2D eigenvalue weighted by atomic mass is 32.2. The Bertz CT molecular complexity index is 1150. The lowest BCUT2D eigenvalue weighted by Crippen LogP contribution is -2.48. The number of anilines is 1. The van der Waals surface area contributed by atoms with Gasteiger partial charge in [-0.2, -0.15) is 13.1 Å². The molecule has 2 aromatic carbocycles. The van der Waals surface area contributed by atoms with Gasteiger partial charge in [-0.1, -0.05) is 12.5 Å². The minimum Gasteiger partial charge on any atom is -0.435 e. The summed E-state index contributed by atoms with van der Waals surface area (Å²) in [6, 6.07) is 9.32. The van der Waals surface area contributed by atoms with E-state index in [0.717, 1.165) is 6.42 Å². The molecule has 0 N–H and O–H groups in total. The molecule has 1 saturated heterocycles. The maximum atomic E-state index is 15.1. The number of nitrogens with zero attached hydrogens (tertiary/aromatic N) is 3. The van der Waals surface area contributed by atoms with Crippen molar-refractivity contribution in [3.63, 3.8) is 0 Å². The molecule has 1 aliphatic carbocycles. The van der Waals surface area contributed by atoms with Crippen molar-refractivity contribution in [1.29, 1.82) is 0 Å². The molecule has 2 fully saturated rings. The van der Waals surface area contributed by atoms with E-state index < -0.39 is 22.5 Å². The third kappa shape index (κ3) is 5.72. The molecule has 1 saturated carbocycles. The molecule has 0 radical (unpaired) electrons. The molecule has 190 valence electrons. The van der Waals surface area contributed by atoms with Crippen LogP contribution in [0.4, 0.5) is 18.9 Å². The number of amides is 1. The number of halogens is 3. The summed E-state index contributed by atoms with van der Waals surface area (Å²) in [6.07, 6.45) is 2.23. The summed E-state index contributed by atoms with van der Waals surface area (Å²) < 4.78 is 72.3. The average Bonchev–Trinajstić information content (AvgIpc) is 2.78. The van der Waals surface area contributed by atoms with E-state index >= 15 is 4.39 Å². The van der Waals surface area contributed by atoms with Gasteiger partial charge in [-0.3, -0.25) is 4.79 Å². The van der Waals surface area contributed by atoms with Gasteiger partial charge >= 0.3 is 6.61 Å². The molecule has 0 atom stereocenters. The predicted molar refractivity (Wildman–Crippen MR) is 124 cm³/mol. The molecule has 2 aromatic rings. The minimum absolute atomic E-state index is 0.0136. The number of piperazine rings is 1. The highest BCUT2D eigenvalue weighted by molar-refractivity contribution is 7.89. The van der Waals surface area contributed by atoms with Crippen LogP contribution in [0.3, 0.4) is 0 Å². The van der Waals surface area contributed by atoms with E-state index in [-0.39, 0.29) is 34.7 Å². The van der Waals surface area contributed by atoms with E-state index in [1.807, 2.05) is 4.90 Å². The summed E-state index contributed by atoms with van der Waals surface area (Å²) >= 11 is 0. The van der Waals surface area contributed by atoms with Crippen molar-refractivity contribution in [2.75, 3.05) is 31.1 Å². The average molecular weight is 512 g/mol. The monoisotopic (exact) mass is 511 g/mol. The SMILES string of the molecule is CC(=O)N1CCN(c2ccc(CN(C3CCC3)S(=O)(=O)c3ccc(OC(F)F)cc3)c(F)c2)CC1. The van der Waals surface area contributed by atoms with Crippen molar-refractivity contribution in [3.05, 3.63) is 53.8 Å². The van der Waals surface area contributed by atoms with Gasteiger partial charge in [0.2, 0.25) is 15.9 Å². The van der Waals surface area contributed by atoms with Crippen molar-refractivity contribution >= 4 is 21.6 Å². The second kappa shape index (κ2) is 10.4. The van der Waals surface area contributed by atoms with E-state index in [1.165, 1.54) is 41.6 Å². The molecule has 1 aliphatic heterocycles. The van der Waals surface area contributed by atoms with Crippen LogP contribution in [0.2, 0.25) is 0 Å². The third-order valence-corrected chi connectivity index (χ3v) is 8.50. The molecule has 1 heterocycles. The first-order chi connectivity index (χ1) is 16.6.